The monoisotopic (exact) mass is 470 g/mol. The smallest absolute Gasteiger partial charge is 0.410 e. The summed E-state index contributed by atoms with van der Waals surface area (Å²) in [6.07, 6.45) is 1.04. The Morgan fingerprint density at radius 3 is 2.32 bits per heavy atom. The number of alkyl halides is 3. The van der Waals surface area contributed by atoms with Gasteiger partial charge in [0.1, 0.15) is 24.2 Å². The number of benzene rings is 2. The van der Waals surface area contributed by atoms with Crippen LogP contribution in [0.4, 0.5) is 18.9 Å². The predicted octanol–water partition coefficient (Wildman–Crippen LogP) is 6.21. The second-order valence-electron chi connectivity index (χ2n) is 8.53. The number of halogens is 3. The lowest BCUT2D eigenvalue weighted by molar-refractivity contribution is -0.165. The van der Waals surface area contributed by atoms with Crippen LogP contribution < -0.4 is 9.64 Å². The summed E-state index contributed by atoms with van der Waals surface area (Å²) in [5.74, 6) is 1.23. The van der Waals surface area contributed by atoms with E-state index in [4.69, 9.17) is 4.74 Å². The molecular formula is C26H29F3N4O. The Bertz CT molecular complexity index is 1080. The van der Waals surface area contributed by atoms with Gasteiger partial charge in [0.05, 0.1) is 0 Å². The van der Waals surface area contributed by atoms with Gasteiger partial charge in [-0.05, 0) is 68.1 Å². The molecule has 0 aliphatic carbocycles. The summed E-state index contributed by atoms with van der Waals surface area (Å²) in [6.45, 7) is 7.15. The van der Waals surface area contributed by atoms with Crippen molar-refractivity contribution in [3.05, 3.63) is 72.6 Å². The Kier molecular flexibility index (Phi) is 7.24. The fourth-order valence-corrected chi connectivity index (χ4v) is 4.06. The summed E-state index contributed by atoms with van der Waals surface area (Å²) < 4.78 is 47.2. The third kappa shape index (κ3) is 5.61. The number of rotatable bonds is 8. The van der Waals surface area contributed by atoms with Gasteiger partial charge in [0.2, 0.25) is 0 Å². The molecule has 1 aliphatic rings. The molecule has 8 heteroatoms. The minimum Gasteiger partial charge on any atom is -0.490 e. The average molecular weight is 471 g/mol. The highest BCUT2D eigenvalue weighted by atomic mass is 19.4. The van der Waals surface area contributed by atoms with Gasteiger partial charge in [-0.25, -0.2) is 9.67 Å². The van der Waals surface area contributed by atoms with E-state index in [2.05, 4.69) is 21.6 Å². The molecule has 1 unspecified atom stereocenters. The molecular weight excluding hydrogens is 441 g/mol. The van der Waals surface area contributed by atoms with Gasteiger partial charge in [0, 0.05) is 30.8 Å². The highest BCUT2D eigenvalue weighted by molar-refractivity contribution is 5.60. The van der Waals surface area contributed by atoms with Gasteiger partial charge in [-0.3, -0.25) is 0 Å². The summed E-state index contributed by atoms with van der Waals surface area (Å²) in [5.41, 5.74) is 2.63. The van der Waals surface area contributed by atoms with E-state index in [1.807, 2.05) is 36.4 Å². The number of aromatic nitrogens is 3. The zero-order valence-corrected chi connectivity index (χ0v) is 19.3. The van der Waals surface area contributed by atoms with E-state index in [9.17, 15) is 13.2 Å². The van der Waals surface area contributed by atoms with Gasteiger partial charge in [-0.1, -0.05) is 24.8 Å². The van der Waals surface area contributed by atoms with Gasteiger partial charge in [0.15, 0.2) is 5.82 Å². The molecule has 3 aromatic rings. The van der Waals surface area contributed by atoms with Gasteiger partial charge in [0.25, 0.3) is 0 Å². The van der Waals surface area contributed by atoms with Crippen LogP contribution in [0, 0.1) is 0 Å². The molecule has 0 amide bonds. The molecule has 0 saturated carbocycles. The van der Waals surface area contributed by atoms with E-state index in [1.165, 1.54) is 19.3 Å². The van der Waals surface area contributed by atoms with Crippen LogP contribution in [0.15, 0.2) is 61.2 Å². The molecule has 1 fully saturated rings. The Hall–Kier alpha value is -3.29. The van der Waals surface area contributed by atoms with E-state index in [-0.39, 0.29) is 12.2 Å². The van der Waals surface area contributed by atoms with E-state index >= 15 is 0 Å². The lowest BCUT2D eigenvalue weighted by Crippen LogP contribution is -2.29. The first-order chi connectivity index (χ1) is 16.3. The second kappa shape index (κ2) is 10.3. The lowest BCUT2D eigenvalue weighted by Gasteiger charge is -2.28. The molecule has 34 heavy (non-hydrogen) atoms. The molecule has 2 aromatic carbocycles. The highest BCUT2D eigenvalue weighted by Crippen LogP contribution is 2.32. The Balaban J connectivity index is 1.59. The zero-order chi connectivity index (χ0) is 24.1. The summed E-state index contributed by atoms with van der Waals surface area (Å²) in [5, 5.41) is 4.28. The van der Waals surface area contributed by atoms with Crippen LogP contribution in [0.2, 0.25) is 0 Å². The maximum Gasteiger partial charge on any atom is 0.410 e. The Morgan fingerprint density at radius 2 is 1.71 bits per heavy atom. The third-order valence-corrected chi connectivity index (χ3v) is 6.04. The van der Waals surface area contributed by atoms with Crippen molar-refractivity contribution in [2.24, 2.45) is 0 Å². The predicted molar refractivity (Wildman–Crippen MR) is 127 cm³/mol. The van der Waals surface area contributed by atoms with Crippen molar-refractivity contribution in [3.8, 4) is 17.1 Å². The summed E-state index contributed by atoms with van der Waals surface area (Å²) in [6, 6.07) is 13.2. The minimum absolute atomic E-state index is 0.223. The van der Waals surface area contributed by atoms with E-state index in [1.54, 1.807) is 18.2 Å². The zero-order valence-electron chi connectivity index (χ0n) is 19.3. The molecule has 2 heterocycles. The molecule has 1 aliphatic heterocycles. The number of piperidine rings is 1. The Labute approximate surface area is 197 Å². The standard InChI is InChI=1S/C26H29F3N4O/c1-3-17-34-23-13-7-20(8-14-23)18-24-30-25(31-33(24)19(2)26(27,28)29)21-9-11-22(12-10-21)32-15-5-4-6-16-32/h3,7-14,19H,1,4-6,15-18H2,2H3. The minimum atomic E-state index is -4.43. The lowest BCUT2D eigenvalue weighted by atomic mass is 10.1. The van der Waals surface area contributed by atoms with Crippen LogP contribution in [0.25, 0.3) is 11.4 Å². The number of hydrogen-bond donors (Lipinski definition) is 0. The Morgan fingerprint density at radius 1 is 1.03 bits per heavy atom. The van der Waals surface area contributed by atoms with Crippen molar-refractivity contribution in [2.75, 3.05) is 24.6 Å². The van der Waals surface area contributed by atoms with Crippen LogP contribution >= 0.6 is 0 Å². The van der Waals surface area contributed by atoms with Crippen LogP contribution in [-0.2, 0) is 6.42 Å². The van der Waals surface area contributed by atoms with Crippen molar-refractivity contribution in [2.45, 2.75) is 44.8 Å². The number of nitrogens with zero attached hydrogens (tertiary/aromatic N) is 4. The van der Waals surface area contributed by atoms with E-state index < -0.39 is 12.2 Å². The SMILES string of the molecule is C=CCOc1ccc(Cc2nc(-c3ccc(N4CCCCC4)cc3)nn2C(C)C(F)(F)F)cc1. The number of ether oxygens (including phenoxy) is 1. The first-order valence-corrected chi connectivity index (χ1v) is 11.6. The summed E-state index contributed by atoms with van der Waals surface area (Å²) in [4.78, 5) is 6.85. The van der Waals surface area contributed by atoms with Crippen molar-refractivity contribution in [1.82, 2.24) is 14.8 Å². The molecule has 0 N–H and O–H groups in total. The highest BCUT2D eigenvalue weighted by Gasteiger charge is 2.39. The van der Waals surface area contributed by atoms with Gasteiger partial charge >= 0.3 is 6.18 Å². The maximum absolute atomic E-state index is 13.6. The molecule has 1 atom stereocenters. The van der Waals surface area contributed by atoms with Gasteiger partial charge in [-0.2, -0.15) is 18.3 Å². The third-order valence-electron chi connectivity index (χ3n) is 6.04. The molecule has 4 rings (SSSR count). The van der Waals surface area contributed by atoms with Crippen molar-refractivity contribution in [3.63, 3.8) is 0 Å². The molecule has 0 spiro atoms. The fourth-order valence-electron chi connectivity index (χ4n) is 4.06. The summed E-state index contributed by atoms with van der Waals surface area (Å²) >= 11 is 0. The second-order valence-corrected chi connectivity index (χ2v) is 8.53. The topological polar surface area (TPSA) is 43.2 Å². The van der Waals surface area contributed by atoms with Crippen molar-refractivity contribution < 1.29 is 17.9 Å². The first-order valence-electron chi connectivity index (χ1n) is 11.6. The van der Waals surface area contributed by atoms with E-state index in [0.717, 1.165) is 35.9 Å². The maximum atomic E-state index is 13.6. The first kappa shape index (κ1) is 23.9. The van der Waals surface area contributed by atoms with Crippen LogP contribution in [0.5, 0.6) is 5.75 Å². The molecule has 1 saturated heterocycles. The normalized spacial score (nSPS) is 15.2. The van der Waals surface area contributed by atoms with Crippen molar-refractivity contribution >= 4 is 5.69 Å². The summed E-state index contributed by atoms with van der Waals surface area (Å²) in [7, 11) is 0. The largest absolute Gasteiger partial charge is 0.490 e. The van der Waals surface area contributed by atoms with Crippen LogP contribution in [-0.4, -0.2) is 40.6 Å². The molecule has 180 valence electrons. The number of anilines is 1. The average Bonchev–Trinajstić information content (AvgIpc) is 3.26. The van der Waals surface area contributed by atoms with E-state index in [0.29, 0.717) is 23.7 Å². The quantitative estimate of drug-likeness (QED) is 0.367. The van der Waals surface area contributed by atoms with Crippen molar-refractivity contribution in [1.29, 1.82) is 0 Å². The van der Waals surface area contributed by atoms with Gasteiger partial charge < -0.3 is 9.64 Å². The molecule has 0 radical (unpaired) electrons. The van der Waals surface area contributed by atoms with Crippen LogP contribution in [0.1, 0.15) is 43.6 Å². The van der Waals surface area contributed by atoms with Crippen LogP contribution in [0.3, 0.4) is 0 Å². The number of hydrogen-bond acceptors (Lipinski definition) is 4. The fraction of sp³-hybridized carbons (Fsp3) is 0.385. The molecule has 1 aromatic heterocycles. The molecule has 0 bridgehead atoms. The van der Waals surface area contributed by atoms with Gasteiger partial charge in [-0.15, -0.1) is 0 Å². The molecule has 5 nitrogen and oxygen atoms in total.